The van der Waals surface area contributed by atoms with Crippen LogP contribution in [0.4, 0.5) is 0 Å². The molecule has 1 amide bonds. The molecule has 4 heteroatoms. The summed E-state index contributed by atoms with van der Waals surface area (Å²) in [5.41, 5.74) is 1.41. The highest BCUT2D eigenvalue weighted by molar-refractivity contribution is 5.91. The van der Waals surface area contributed by atoms with Gasteiger partial charge < -0.3 is 9.88 Å². The maximum absolute atomic E-state index is 12.1. The van der Waals surface area contributed by atoms with Gasteiger partial charge in [-0.25, -0.2) is 0 Å². The van der Waals surface area contributed by atoms with E-state index in [2.05, 4.69) is 17.1 Å². The van der Waals surface area contributed by atoms with Crippen molar-refractivity contribution in [1.82, 2.24) is 9.88 Å². The minimum atomic E-state index is -0.252. The number of carbonyl (C=O) groups is 1. The van der Waals surface area contributed by atoms with Crippen LogP contribution in [0.25, 0.3) is 0 Å². The van der Waals surface area contributed by atoms with Crippen LogP contribution in [0.3, 0.4) is 0 Å². The Bertz CT molecular complexity index is 634. The number of nitrogens with zero attached hydrogens (tertiary/aromatic N) is 1. The van der Waals surface area contributed by atoms with Crippen molar-refractivity contribution in [2.24, 2.45) is 0 Å². The average Bonchev–Trinajstić information content (AvgIpc) is 2.51. The van der Waals surface area contributed by atoms with E-state index in [0.717, 1.165) is 19.3 Å². The molecule has 0 fully saturated rings. The Morgan fingerprint density at radius 1 is 1.05 bits per heavy atom. The molecule has 0 saturated heterocycles. The summed E-state index contributed by atoms with van der Waals surface area (Å²) in [4.78, 5) is 27.5. The fourth-order valence-corrected chi connectivity index (χ4v) is 2.20. The second-order valence-corrected chi connectivity index (χ2v) is 5.10. The number of pyridine rings is 1. The largest absolute Gasteiger partial charge is 0.340 e. The van der Waals surface area contributed by atoms with Crippen molar-refractivity contribution in [3.63, 3.8) is 0 Å². The van der Waals surface area contributed by atoms with E-state index in [4.69, 9.17) is 0 Å². The molecule has 2 rings (SSSR count). The summed E-state index contributed by atoms with van der Waals surface area (Å²) in [5, 5.41) is 0. The van der Waals surface area contributed by atoms with Gasteiger partial charge >= 0.3 is 0 Å². The number of carbonyl (C=O) groups excluding carboxylic acids is 1. The second kappa shape index (κ2) is 7.43. The Morgan fingerprint density at radius 2 is 1.81 bits per heavy atom. The first kappa shape index (κ1) is 15.0. The molecule has 1 aromatic heterocycles. The smallest absolute Gasteiger partial charge is 0.270 e. The van der Waals surface area contributed by atoms with Gasteiger partial charge in [0.15, 0.2) is 0 Å². The van der Waals surface area contributed by atoms with Gasteiger partial charge in [0.1, 0.15) is 5.69 Å². The highest BCUT2D eigenvalue weighted by Crippen LogP contribution is 2.06. The highest BCUT2D eigenvalue weighted by atomic mass is 16.2. The Morgan fingerprint density at radius 3 is 2.52 bits per heavy atom. The van der Waals surface area contributed by atoms with Crippen molar-refractivity contribution in [2.75, 3.05) is 13.6 Å². The molecular weight excluding hydrogens is 264 g/mol. The summed E-state index contributed by atoms with van der Waals surface area (Å²) in [7, 11) is 1.76. The van der Waals surface area contributed by atoms with Crippen LogP contribution >= 0.6 is 0 Å². The number of unbranched alkanes of at least 4 members (excludes halogenated alkanes) is 1. The Hall–Kier alpha value is -2.36. The van der Waals surface area contributed by atoms with E-state index in [0.29, 0.717) is 12.2 Å². The minimum Gasteiger partial charge on any atom is -0.340 e. The maximum Gasteiger partial charge on any atom is 0.270 e. The average molecular weight is 284 g/mol. The predicted molar refractivity (Wildman–Crippen MR) is 83.4 cm³/mol. The van der Waals surface area contributed by atoms with Gasteiger partial charge in [0.05, 0.1) is 0 Å². The number of aromatic nitrogens is 1. The molecule has 0 atom stereocenters. The lowest BCUT2D eigenvalue weighted by Gasteiger charge is -2.16. The van der Waals surface area contributed by atoms with Gasteiger partial charge in [-0.1, -0.05) is 36.4 Å². The van der Waals surface area contributed by atoms with Crippen molar-refractivity contribution in [3.8, 4) is 0 Å². The van der Waals surface area contributed by atoms with E-state index in [9.17, 15) is 9.59 Å². The molecule has 0 radical (unpaired) electrons. The normalized spacial score (nSPS) is 10.3. The first-order chi connectivity index (χ1) is 10.2. The molecule has 0 saturated carbocycles. The SMILES string of the molecule is CN(CCCCc1ccccc1)C(=O)c1cccc(=O)[nH]1. The third-order valence-electron chi connectivity index (χ3n) is 3.40. The van der Waals surface area contributed by atoms with Gasteiger partial charge in [-0.15, -0.1) is 0 Å². The van der Waals surface area contributed by atoms with Crippen LogP contribution < -0.4 is 5.56 Å². The number of aromatic amines is 1. The van der Waals surface area contributed by atoms with Crippen LogP contribution in [0.1, 0.15) is 28.9 Å². The summed E-state index contributed by atoms with van der Waals surface area (Å²) in [6.07, 6.45) is 2.99. The number of nitrogens with one attached hydrogen (secondary N) is 1. The monoisotopic (exact) mass is 284 g/mol. The molecule has 110 valence electrons. The van der Waals surface area contributed by atoms with Crippen LogP contribution in [0.15, 0.2) is 53.3 Å². The third-order valence-corrected chi connectivity index (χ3v) is 3.40. The number of aryl methyl sites for hydroxylation is 1. The quantitative estimate of drug-likeness (QED) is 0.828. The third kappa shape index (κ3) is 4.60. The van der Waals surface area contributed by atoms with E-state index in [1.54, 1.807) is 24.1 Å². The van der Waals surface area contributed by atoms with E-state index in [1.165, 1.54) is 11.6 Å². The standard InChI is InChI=1S/C17H20N2O2/c1-19(17(21)15-11-7-12-16(20)18-15)13-6-5-10-14-8-3-2-4-9-14/h2-4,7-9,11-12H,5-6,10,13H2,1H3,(H,18,20). The van der Waals surface area contributed by atoms with Gasteiger partial charge in [-0.3, -0.25) is 9.59 Å². The van der Waals surface area contributed by atoms with Gasteiger partial charge in [-0.2, -0.15) is 0 Å². The van der Waals surface area contributed by atoms with E-state index < -0.39 is 0 Å². The number of H-pyrrole nitrogens is 1. The molecule has 1 aromatic carbocycles. The zero-order chi connectivity index (χ0) is 15.1. The van der Waals surface area contributed by atoms with Gasteiger partial charge in [0.2, 0.25) is 5.56 Å². The Balaban J connectivity index is 1.78. The van der Waals surface area contributed by atoms with Crippen molar-refractivity contribution >= 4 is 5.91 Å². The number of amides is 1. The lowest BCUT2D eigenvalue weighted by molar-refractivity contribution is 0.0787. The molecule has 1 N–H and O–H groups in total. The molecule has 1 heterocycles. The topological polar surface area (TPSA) is 53.2 Å². The van der Waals surface area contributed by atoms with Crippen molar-refractivity contribution in [2.45, 2.75) is 19.3 Å². The first-order valence-corrected chi connectivity index (χ1v) is 7.15. The zero-order valence-corrected chi connectivity index (χ0v) is 12.2. The van der Waals surface area contributed by atoms with Gasteiger partial charge in [0, 0.05) is 19.7 Å². The number of benzene rings is 1. The van der Waals surface area contributed by atoms with Crippen LogP contribution in [0.5, 0.6) is 0 Å². The lowest BCUT2D eigenvalue weighted by Crippen LogP contribution is -2.29. The second-order valence-electron chi connectivity index (χ2n) is 5.10. The van der Waals surface area contributed by atoms with E-state index in [-0.39, 0.29) is 11.5 Å². The van der Waals surface area contributed by atoms with Gasteiger partial charge in [0.25, 0.3) is 5.91 Å². The lowest BCUT2D eigenvalue weighted by atomic mass is 10.1. The molecular formula is C17H20N2O2. The molecule has 0 aliphatic rings. The molecule has 2 aromatic rings. The molecule has 0 aliphatic heterocycles. The summed E-state index contributed by atoms with van der Waals surface area (Å²) in [6, 6.07) is 14.9. The van der Waals surface area contributed by atoms with E-state index in [1.807, 2.05) is 18.2 Å². The van der Waals surface area contributed by atoms with E-state index >= 15 is 0 Å². The van der Waals surface area contributed by atoms with Crippen molar-refractivity contribution in [3.05, 3.63) is 70.1 Å². The minimum absolute atomic E-state index is 0.146. The molecule has 0 bridgehead atoms. The molecule has 0 aliphatic carbocycles. The highest BCUT2D eigenvalue weighted by Gasteiger charge is 2.11. The summed E-state index contributed by atoms with van der Waals surface area (Å²) >= 11 is 0. The zero-order valence-electron chi connectivity index (χ0n) is 12.2. The predicted octanol–water partition coefficient (Wildman–Crippen LogP) is 2.47. The van der Waals surface area contributed by atoms with Crippen LogP contribution in [0.2, 0.25) is 0 Å². The van der Waals surface area contributed by atoms with Crippen LogP contribution in [-0.4, -0.2) is 29.4 Å². The molecule has 0 spiro atoms. The molecule has 21 heavy (non-hydrogen) atoms. The summed E-state index contributed by atoms with van der Waals surface area (Å²) in [6.45, 7) is 0.683. The van der Waals surface area contributed by atoms with Crippen LogP contribution in [0, 0.1) is 0 Å². The number of rotatable bonds is 6. The summed E-state index contributed by atoms with van der Waals surface area (Å²) in [5.74, 6) is -0.146. The van der Waals surface area contributed by atoms with Crippen LogP contribution in [-0.2, 0) is 6.42 Å². The van der Waals surface area contributed by atoms with Crippen molar-refractivity contribution in [1.29, 1.82) is 0 Å². The Labute approximate surface area is 124 Å². The Kier molecular flexibility index (Phi) is 5.32. The van der Waals surface area contributed by atoms with Gasteiger partial charge in [-0.05, 0) is 30.9 Å². The molecule has 4 nitrogen and oxygen atoms in total. The first-order valence-electron chi connectivity index (χ1n) is 7.15. The molecule has 0 unspecified atom stereocenters. The maximum atomic E-state index is 12.1. The van der Waals surface area contributed by atoms with Crippen molar-refractivity contribution < 1.29 is 4.79 Å². The number of hydrogen-bond acceptors (Lipinski definition) is 2. The fraction of sp³-hybridized carbons (Fsp3) is 0.294. The summed E-state index contributed by atoms with van der Waals surface area (Å²) < 4.78 is 0. The number of hydrogen-bond donors (Lipinski definition) is 1. The fourth-order valence-electron chi connectivity index (χ4n) is 2.20.